The topological polar surface area (TPSA) is 71.1 Å². The maximum absolute atomic E-state index is 13.4. The summed E-state index contributed by atoms with van der Waals surface area (Å²) in [6.45, 7) is 1.27. The van der Waals surface area contributed by atoms with Crippen molar-refractivity contribution in [3.8, 4) is 0 Å². The smallest absolute Gasteiger partial charge is 0.261 e. The van der Waals surface area contributed by atoms with E-state index in [9.17, 15) is 12.8 Å². The molecule has 0 spiro atoms. The highest BCUT2D eigenvalue weighted by Gasteiger charge is 2.20. The fraction of sp³-hybridized carbons (Fsp3) is 0.583. The lowest BCUT2D eigenvalue weighted by Crippen LogP contribution is -2.37. The monoisotopic (exact) mass is 287 g/mol. The van der Waals surface area contributed by atoms with Crippen LogP contribution in [0.4, 0.5) is 4.39 Å². The van der Waals surface area contributed by atoms with Gasteiger partial charge in [-0.15, -0.1) is 0 Å². The van der Waals surface area contributed by atoms with Crippen molar-refractivity contribution < 1.29 is 12.8 Å². The molecule has 1 aliphatic heterocycles. The van der Waals surface area contributed by atoms with E-state index in [1.165, 1.54) is 25.1 Å². The summed E-state index contributed by atoms with van der Waals surface area (Å²) in [5.41, 5.74) is 0. The summed E-state index contributed by atoms with van der Waals surface area (Å²) in [6, 6.07) is 2.79. The molecule has 5 nitrogen and oxygen atoms in total. The molecule has 1 fully saturated rings. The van der Waals surface area contributed by atoms with Crippen molar-refractivity contribution >= 4 is 10.0 Å². The highest BCUT2D eigenvalue weighted by molar-refractivity contribution is 7.89. The lowest BCUT2D eigenvalue weighted by atomic mass is 10.0. The van der Waals surface area contributed by atoms with E-state index in [-0.39, 0.29) is 6.54 Å². The third kappa shape index (κ3) is 3.95. The third-order valence-corrected chi connectivity index (χ3v) is 4.57. The van der Waals surface area contributed by atoms with E-state index in [4.69, 9.17) is 0 Å². The first-order chi connectivity index (χ1) is 9.09. The van der Waals surface area contributed by atoms with Gasteiger partial charge in [0.25, 0.3) is 10.0 Å². The van der Waals surface area contributed by atoms with E-state index in [2.05, 4.69) is 15.0 Å². The predicted molar refractivity (Wildman–Crippen MR) is 69.6 cm³/mol. The molecule has 2 heterocycles. The van der Waals surface area contributed by atoms with Crippen LogP contribution in [0.1, 0.15) is 25.7 Å². The largest absolute Gasteiger partial charge is 0.314 e. The summed E-state index contributed by atoms with van der Waals surface area (Å²) in [5, 5.41) is 2.80. The Kier molecular flexibility index (Phi) is 4.84. The molecule has 2 N–H and O–H groups in total. The Balaban J connectivity index is 1.89. The number of sulfonamides is 1. The first kappa shape index (κ1) is 14.4. The summed E-state index contributed by atoms with van der Waals surface area (Å²) in [7, 11) is -3.86. The Morgan fingerprint density at radius 1 is 1.47 bits per heavy atom. The summed E-state index contributed by atoms with van der Waals surface area (Å²) in [4.78, 5) is 3.57. The van der Waals surface area contributed by atoms with Crippen molar-refractivity contribution in [1.29, 1.82) is 0 Å². The van der Waals surface area contributed by atoms with Gasteiger partial charge in [0.2, 0.25) is 5.03 Å². The zero-order chi connectivity index (χ0) is 13.7. The number of hydrogen-bond donors (Lipinski definition) is 2. The number of nitrogens with zero attached hydrogens (tertiary/aromatic N) is 1. The predicted octanol–water partition coefficient (Wildman–Crippen LogP) is 1.03. The fourth-order valence-corrected chi connectivity index (χ4v) is 3.22. The van der Waals surface area contributed by atoms with Gasteiger partial charge in [-0.25, -0.2) is 22.5 Å². The van der Waals surface area contributed by atoms with Crippen molar-refractivity contribution in [2.45, 2.75) is 36.8 Å². The average molecular weight is 287 g/mol. The van der Waals surface area contributed by atoms with Crippen molar-refractivity contribution in [1.82, 2.24) is 15.0 Å². The van der Waals surface area contributed by atoms with Gasteiger partial charge in [0.1, 0.15) is 0 Å². The van der Waals surface area contributed by atoms with Crippen LogP contribution in [-0.2, 0) is 10.0 Å². The molecular weight excluding hydrogens is 269 g/mol. The molecular formula is C12H18FN3O2S. The lowest BCUT2D eigenvalue weighted by molar-refractivity contribution is 0.382. The normalized spacial score (nSPS) is 20.4. The van der Waals surface area contributed by atoms with Crippen LogP contribution < -0.4 is 10.0 Å². The van der Waals surface area contributed by atoms with Crippen LogP contribution in [0.25, 0.3) is 0 Å². The fourth-order valence-electron chi connectivity index (χ4n) is 2.18. The molecule has 0 radical (unpaired) electrons. The third-order valence-electron chi connectivity index (χ3n) is 3.18. The second kappa shape index (κ2) is 6.40. The van der Waals surface area contributed by atoms with Crippen molar-refractivity contribution in [3.05, 3.63) is 24.1 Å². The van der Waals surface area contributed by atoms with Crippen LogP contribution in [0.2, 0.25) is 0 Å². The summed E-state index contributed by atoms with van der Waals surface area (Å²) in [6.07, 6.45) is 5.36. The maximum Gasteiger partial charge on any atom is 0.261 e. The Morgan fingerprint density at radius 2 is 2.32 bits per heavy atom. The molecule has 0 amide bonds. The molecule has 0 saturated carbocycles. The van der Waals surface area contributed by atoms with Gasteiger partial charge in [-0.2, -0.15) is 0 Å². The molecule has 0 aliphatic carbocycles. The van der Waals surface area contributed by atoms with Crippen molar-refractivity contribution in [3.63, 3.8) is 0 Å². The van der Waals surface area contributed by atoms with Gasteiger partial charge in [0, 0.05) is 18.8 Å². The molecule has 1 atom stereocenters. The average Bonchev–Trinajstić information content (AvgIpc) is 2.40. The minimum absolute atomic E-state index is 0.288. The van der Waals surface area contributed by atoms with Crippen LogP contribution in [0.15, 0.2) is 23.4 Å². The minimum Gasteiger partial charge on any atom is -0.314 e. The van der Waals surface area contributed by atoms with Crippen LogP contribution >= 0.6 is 0 Å². The number of pyridine rings is 1. The maximum atomic E-state index is 13.4. The SMILES string of the molecule is O=S(=O)(NCCC1CCCCN1)c1ncccc1F. The summed E-state index contributed by atoms with van der Waals surface area (Å²) >= 11 is 0. The second-order valence-corrected chi connectivity index (χ2v) is 6.31. The molecule has 0 bridgehead atoms. The highest BCUT2D eigenvalue weighted by Crippen LogP contribution is 2.12. The van der Waals surface area contributed by atoms with E-state index >= 15 is 0 Å². The highest BCUT2D eigenvalue weighted by atomic mass is 32.2. The quantitative estimate of drug-likeness (QED) is 0.848. The molecule has 106 valence electrons. The first-order valence-corrected chi connectivity index (χ1v) is 7.91. The Hall–Kier alpha value is -1.05. The molecule has 1 aliphatic rings. The molecule has 19 heavy (non-hydrogen) atoms. The molecule has 7 heteroatoms. The number of aromatic nitrogens is 1. The van der Waals surface area contributed by atoms with Crippen molar-refractivity contribution in [2.75, 3.05) is 13.1 Å². The van der Waals surface area contributed by atoms with Gasteiger partial charge >= 0.3 is 0 Å². The van der Waals surface area contributed by atoms with E-state index in [0.29, 0.717) is 12.5 Å². The first-order valence-electron chi connectivity index (χ1n) is 6.43. The van der Waals surface area contributed by atoms with Gasteiger partial charge in [0.15, 0.2) is 5.82 Å². The van der Waals surface area contributed by atoms with E-state index in [0.717, 1.165) is 19.0 Å². The van der Waals surface area contributed by atoms with Crippen molar-refractivity contribution in [2.24, 2.45) is 0 Å². The molecule has 1 unspecified atom stereocenters. The summed E-state index contributed by atoms with van der Waals surface area (Å²) in [5.74, 6) is -0.828. The van der Waals surface area contributed by atoms with E-state index in [1.807, 2.05) is 0 Å². The molecule has 2 rings (SSSR count). The number of rotatable bonds is 5. The molecule has 1 saturated heterocycles. The minimum atomic E-state index is -3.86. The van der Waals surface area contributed by atoms with Crippen LogP contribution in [0.5, 0.6) is 0 Å². The second-order valence-electron chi connectivity index (χ2n) is 4.62. The zero-order valence-corrected chi connectivity index (χ0v) is 11.4. The van der Waals surface area contributed by atoms with Gasteiger partial charge < -0.3 is 5.32 Å². The van der Waals surface area contributed by atoms with Gasteiger partial charge in [-0.3, -0.25) is 0 Å². The Morgan fingerprint density at radius 3 is 3.00 bits per heavy atom. The number of nitrogens with one attached hydrogen (secondary N) is 2. The lowest BCUT2D eigenvalue weighted by Gasteiger charge is -2.23. The van der Waals surface area contributed by atoms with E-state index < -0.39 is 20.9 Å². The van der Waals surface area contributed by atoms with Crippen LogP contribution in [0, 0.1) is 5.82 Å². The zero-order valence-electron chi connectivity index (χ0n) is 10.6. The Labute approximate surface area is 112 Å². The van der Waals surface area contributed by atoms with Crippen LogP contribution in [-0.4, -0.2) is 32.5 Å². The molecule has 1 aromatic heterocycles. The molecule has 0 aromatic carbocycles. The summed E-state index contributed by atoms with van der Waals surface area (Å²) < 4.78 is 39.5. The van der Waals surface area contributed by atoms with Gasteiger partial charge in [0.05, 0.1) is 0 Å². The number of piperidine rings is 1. The van der Waals surface area contributed by atoms with Gasteiger partial charge in [-0.1, -0.05) is 6.42 Å². The molecule has 1 aromatic rings. The standard InChI is InChI=1S/C12H18FN3O2S/c13-11-5-3-8-15-12(11)19(17,18)16-9-6-10-4-1-2-7-14-10/h3,5,8,10,14,16H,1-2,4,6-7,9H2. The Bertz CT molecular complexity index is 515. The van der Waals surface area contributed by atoms with Gasteiger partial charge in [-0.05, 0) is 37.9 Å². The number of hydrogen-bond acceptors (Lipinski definition) is 4. The van der Waals surface area contributed by atoms with Crippen LogP contribution in [0.3, 0.4) is 0 Å². The number of halogens is 1. The van der Waals surface area contributed by atoms with E-state index in [1.54, 1.807) is 0 Å².